The van der Waals surface area contributed by atoms with Gasteiger partial charge in [-0.05, 0) is 36.4 Å². The molecule has 0 radical (unpaired) electrons. The molecule has 0 fully saturated rings. The molecule has 1 amide bonds. The highest BCUT2D eigenvalue weighted by molar-refractivity contribution is 7.89. The lowest BCUT2D eigenvalue weighted by molar-refractivity contribution is 0.0956. The van der Waals surface area contributed by atoms with Gasteiger partial charge in [-0.25, -0.2) is 17.5 Å². The number of nitrogens with one attached hydrogen (secondary N) is 2. The maximum Gasteiger partial charge on any atom is 0.251 e. The summed E-state index contributed by atoms with van der Waals surface area (Å²) in [5, 5.41) is 2.48. The fraction of sp³-hybridized carbons (Fsp3) is 0.200. The number of amides is 1. The van der Waals surface area contributed by atoms with Gasteiger partial charge in [-0.1, -0.05) is 6.07 Å². The predicted octanol–water partition coefficient (Wildman–Crippen LogP) is 1.07. The third kappa shape index (κ3) is 5.76. The standard InChI is InChI=1S/C15H16FN3O3S/c16-13-6-4-12(5-7-13)15(20)18-9-10-23(21,22)19-11-14-3-1-2-8-17-14/h1-8,19H,9-11H2,(H,18,20). The van der Waals surface area contributed by atoms with Crippen molar-refractivity contribution in [2.45, 2.75) is 6.54 Å². The van der Waals surface area contributed by atoms with Crippen LogP contribution in [0.5, 0.6) is 0 Å². The molecule has 23 heavy (non-hydrogen) atoms. The number of aromatic nitrogens is 1. The van der Waals surface area contributed by atoms with Gasteiger partial charge >= 0.3 is 0 Å². The Morgan fingerprint density at radius 1 is 1.13 bits per heavy atom. The van der Waals surface area contributed by atoms with Gasteiger partial charge < -0.3 is 5.32 Å². The van der Waals surface area contributed by atoms with E-state index in [4.69, 9.17) is 0 Å². The zero-order valence-electron chi connectivity index (χ0n) is 12.2. The second-order valence-electron chi connectivity index (χ2n) is 4.72. The van der Waals surface area contributed by atoms with Crippen molar-refractivity contribution in [3.05, 3.63) is 65.7 Å². The summed E-state index contributed by atoms with van der Waals surface area (Å²) >= 11 is 0. The Kier molecular flexibility index (Phi) is 5.78. The molecule has 0 atom stereocenters. The maximum absolute atomic E-state index is 12.8. The summed E-state index contributed by atoms with van der Waals surface area (Å²) in [6.45, 7) is 0.0445. The Labute approximate surface area is 133 Å². The minimum absolute atomic E-state index is 0.0479. The second-order valence-corrected chi connectivity index (χ2v) is 6.65. The van der Waals surface area contributed by atoms with Crippen LogP contribution in [0.15, 0.2) is 48.7 Å². The maximum atomic E-state index is 12.8. The minimum atomic E-state index is -3.53. The van der Waals surface area contributed by atoms with Crippen molar-refractivity contribution >= 4 is 15.9 Å². The molecule has 0 unspecified atom stereocenters. The topological polar surface area (TPSA) is 88.2 Å². The lowest BCUT2D eigenvalue weighted by Gasteiger charge is -2.08. The van der Waals surface area contributed by atoms with Crippen LogP contribution in [0, 0.1) is 5.82 Å². The van der Waals surface area contributed by atoms with Crippen LogP contribution in [0.3, 0.4) is 0 Å². The normalized spacial score (nSPS) is 11.2. The molecule has 0 bridgehead atoms. The number of carbonyl (C=O) groups excluding carboxylic acids is 1. The number of rotatable bonds is 7. The van der Waals surface area contributed by atoms with E-state index in [0.717, 1.165) is 0 Å². The monoisotopic (exact) mass is 337 g/mol. The van der Waals surface area contributed by atoms with E-state index in [2.05, 4.69) is 15.0 Å². The van der Waals surface area contributed by atoms with Crippen LogP contribution < -0.4 is 10.0 Å². The van der Waals surface area contributed by atoms with Crippen LogP contribution in [-0.4, -0.2) is 31.6 Å². The van der Waals surface area contributed by atoms with Gasteiger partial charge in [-0.3, -0.25) is 9.78 Å². The minimum Gasteiger partial charge on any atom is -0.351 e. The number of sulfonamides is 1. The average molecular weight is 337 g/mol. The van der Waals surface area contributed by atoms with Crippen molar-refractivity contribution in [1.29, 1.82) is 0 Å². The highest BCUT2D eigenvalue weighted by Crippen LogP contribution is 2.02. The number of carbonyl (C=O) groups is 1. The Bertz CT molecular complexity index is 749. The zero-order chi connectivity index (χ0) is 16.7. The van der Waals surface area contributed by atoms with Gasteiger partial charge in [0.1, 0.15) is 5.82 Å². The molecule has 0 saturated heterocycles. The van der Waals surface area contributed by atoms with E-state index in [1.165, 1.54) is 24.3 Å². The van der Waals surface area contributed by atoms with Crippen molar-refractivity contribution in [3.63, 3.8) is 0 Å². The number of pyridine rings is 1. The molecule has 1 aromatic heterocycles. The molecule has 0 saturated carbocycles. The molecule has 1 aromatic carbocycles. The van der Waals surface area contributed by atoms with E-state index < -0.39 is 21.7 Å². The first-order valence-corrected chi connectivity index (χ1v) is 8.52. The zero-order valence-corrected chi connectivity index (χ0v) is 13.0. The number of halogens is 1. The van der Waals surface area contributed by atoms with E-state index in [9.17, 15) is 17.6 Å². The summed E-state index contributed by atoms with van der Waals surface area (Å²) in [6, 6.07) is 10.2. The molecule has 0 aliphatic carbocycles. The summed E-state index contributed by atoms with van der Waals surface area (Å²) in [6.07, 6.45) is 1.58. The van der Waals surface area contributed by atoms with Crippen LogP contribution >= 0.6 is 0 Å². The molecule has 2 aromatic rings. The first-order chi connectivity index (χ1) is 11.0. The molecule has 0 aliphatic heterocycles. The quantitative estimate of drug-likeness (QED) is 0.791. The third-order valence-electron chi connectivity index (χ3n) is 2.96. The van der Waals surface area contributed by atoms with E-state index >= 15 is 0 Å². The molecular weight excluding hydrogens is 321 g/mol. The van der Waals surface area contributed by atoms with Gasteiger partial charge in [0.25, 0.3) is 5.91 Å². The van der Waals surface area contributed by atoms with E-state index in [1.54, 1.807) is 24.4 Å². The first-order valence-electron chi connectivity index (χ1n) is 6.87. The molecule has 6 nitrogen and oxygen atoms in total. The van der Waals surface area contributed by atoms with Crippen molar-refractivity contribution < 1.29 is 17.6 Å². The molecule has 1 heterocycles. The Balaban J connectivity index is 1.78. The largest absolute Gasteiger partial charge is 0.351 e. The van der Waals surface area contributed by atoms with Crippen molar-refractivity contribution in [2.75, 3.05) is 12.3 Å². The number of nitrogens with zero attached hydrogens (tertiary/aromatic N) is 1. The van der Waals surface area contributed by atoms with Crippen molar-refractivity contribution in [2.24, 2.45) is 0 Å². The van der Waals surface area contributed by atoms with Crippen LogP contribution in [-0.2, 0) is 16.6 Å². The summed E-state index contributed by atoms with van der Waals surface area (Å²) < 4.78 is 38.8. The van der Waals surface area contributed by atoms with E-state index in [-0.39, 0.29) is 24.4 Å². The molecular formula is C15H16FN3O3S. The highest BCUT2D eigenvalue weighted by atomic mass is 32.2. The predicted molar refractivity (Wildman–Crippen MR) is 83.6 cm³/mol. The van der Waals surface area contributed by atoms with Gasteiger partial charge in [0.15, 0.2) is 0 Å². The highest BCUT2D eigenvalue weighted by Gasteiger charge is 2.12. The van der Waals surface area contributed by atoms with Gasteiger partial charge in [-0.2, -0.15) is 0 Å². The summed E-state index contributed by atoms with van der Waals surface area (Å²) in [5.74, 6) is -1.15. The molecule has 2 N–H and O–H groups in total. The van der Waals surface area contributed by atoms with Crippen molar-refractivity contribution in [3.8, 4) is 0 Å². The lowest BCUT2D eigenvalue weighted by Crippen LogP contribution is -2.34. The average Bonchev–Trinajstić information content (AvgIpc) is 2.54. The Hall–Kier alpha value is -2.32. The summed E-state index contributed by atoms with van der Waals surface area (Å²) in [7, 11) is -3.53. The lowest BCUT2D eigenvalue weighted by atomic mass is 10.2. The van der Waals surface area contributed by atoms with Gasteiger partial charge in [0.2, 0.25) is 10.0 Å². The van der Waals surface area contributed by atoms with Crippen LogP contribution in [0.4, 0.5) is 4.39 Å². The summed E-state index contributed by atoms with van der Waals surface area (Å²) in [4.78, 5) is 15.8. The Morgan fingerprint density at radius 3 is 2.52 bits per heavy atom. The number of hydrogen-bond donors (Lipinski definition) is 2. The van der Waals surface area contributed by atoms with Gasteiger partial charge in [0, 0.05) is 18.3 Å². The number of hydrogen-bond acceptors (Lipinski definition) is 4. The van der Waals surface area contributed by atoms with Crippen LogP contribution in [0.1, 0.15) is 16.1 Å². The smallest absolute Gasteiger partial charge is 0.251 e. The first kappa shape index (κ1) is 17.0. The molecule has 2 rings (SSSR count). The van der Waals surface area contributed by atoms with E-state index in [1.807, 2.05) is 0 Å². The molecule has 8 heteroatoms. The fourth-order valence-corrected chi connectivity index (χ4v) is 2.64. The van der Waals surface area contributed by atoms with E-state index in [0.29, 0.717) is 5.69 Å². The molecule has 0 spiro atoms. The van der Waals surface area contributed by atoms with Gasteiger partial charge in [-0.15, -0.1) is 0 Å². The van der Waals surface area contributed by atoms with Crippen molar-refractivity contribution in [1.82, 2.24) is 15.0 Å². The SMILES string of the molecule is O=C(NCCS(=O)(=O)NCc1ccccn1)c1ccc(F)cc1. The van der Waals surface area contributed by atoms with Crippen LogP contribution in [0.2, 0.25) is 0 Å². The number of benzene rings is 1. The van der Waals surface area contributed by atoms with Crippen LogP contribution in [0.25, 0.3) is 0 Å². The fourth-order valence-electron chi connectivity index (χ4n) is 1.76. The molecule has 0 aliphatic rings. The third-order valence-corrected chi connectivity index (χ3v) is 4.29. The molecule has 122 valence electrons. The Morgan fingerprint density at radius 2 is 1.87 bits per heavy atom. The summed E-state index contributed by atoms with van der Waals surface area (Å²) in [5.41, 5.74) is 0.872. The van der Waals surface area contributed by atoms with Gasteiger partial charge in [0.05, 0.1) is 18.0 Å². The second kappa shape index (κ2) is 7.80.